The smallest absolute Gasteiger partial charge is 0.435 e. The molecule has 0 aliphatic heterocycles. The minimum Gasteiger partial charge on any atom is -0.461 e. The zero-order valence-electron chi connectivity index (χ0n) is 11.1. The third-order valence-electron chi connectivity index (χ3n) is 2.64. The molecule has 2 heterocycles. The lowest BCUT2D eigenvalue weighted by Crippen LogP contribution is -2.14. The summed E-state index contributed by atoms with van der Waals surface area (Å²) in [6.45, 7) is 1.67. The largest absolute Gasteiger partial charge is 0.461 e. The number of carbonyl (C=O) groups is 1. The van der Waals surface area contributed by atoms with Gasteiger partial charge in [0.05, 0.1) is 13.2 Å². The molecule has 2 rings (SSSR count). The number of hydrogen-bond donors (Lipinski definition) is 0. The predicted molar refractivity (Wildman–Crippen MR) is 66.5 cm³/mol. The monoisotopic (exact) mass is 299 g/mol. The summed E-state index contributed by atoms with van der Waals surface area (Å²) in [7, 11) is 0. The fraction of sp³-hybridized carbons (Fsp3) is 0.308. The van der Waals surface area contributed by atoms with E-state index in [9.17, 15) is 18.0 Å². The number of alkyl halides is 3. The van der Waals surface area contributed by atoms with Gasteiger partial charge in [0.2, 0.25) is 0 Å². The highest BCUT2D eigenvalue weighted by Crippen LogP contribution is 2.29. The van der Waals surface area contributed by atoms with Crippen LogP contribution in [0.4, 0.5) is 13.2 Å². The molecule has 112 valence electrons. The van der Waals surface area contributed by atoms with E-state index in [0.29, 0.717) is 11.6 Å². The first-order valence-corrected chi connectivity index (χ1v) is 6.13. The van der Waals surface area contributed by atoms with Gasteiger partial charge >= 0.3 is 12.1 Å². The zero-order valence-corrected chi connectivity index (χ0v) is 11.1. The Labute approximate surface area is 118 Å². The van der Waals surface area contributed by atoms with Crippen LogP contribution in [-0.2, 0) is 17.5 Å². The molecule has 0 aromatic carbocycles. The fourth-order valence-corrected chi connectivity index (χ4v) is 1.71. The van der Waals surface area contributed by atoms with Gasteiger partial charge in [-0.1, -0.05) is 0 Å². The minimum atomic E-state index is -4.62. The van der Waals surface area contributed by atoms with E-state index in [4.69, 9.17) is 4.74 Å². The van der Waals surface area contributed by atoms with Crippen molar-refractivity contribution < 1.29 is 22.7 Å². The summed E-state index contributed by atoms with van der Waals surface area (Å²) >= 11 is 0. The molecule has 0 saturated carbocycles. The first kappa shape index (κ1) is 15.0. The average molecular weight is 299 g/mol. The van der Waals surface area contributed by atoms with Gasteiger partial charge in [-0.3, -0.25) is 9.67 Å². The maximum absolute atomic E-state index is 12.7. The Balaban J connectivity index is 2.37. The quantitative estimate of drug-likeness (QED) is 0.814. The first-order chi connectivity index (χ1) is 9.91. The number of halogens is 3. The molecule has 0 aliphatic rings. The molecule has 21 heavy (non-hydrogen) atoms. The molecule has 8 heteroatoms. The molecule has 0 amide bonds. The van der Waals surface area contributed by atoms with Crippen LogP contribution in [0.25, 0.3) is 0 Å². The summed E-state index contributed by atoms with van der Waals surface area (Å²) in [6.07, 6.45) is -1.61. The number of carbonyl (C=O) groups excluding carboxylic acids is 1. The van der Waals surface area contributed by atoms with Crippen LogP contribution in [0.1, 0.15) is 28.7 Å². The summed E-state index contributed by atoms with van der Waals surface area (Å²) in [5.41, 5.74) is -0.687. The molecule has 0 spiro atoms. The van der Waals surface area contributed by atoms with E-state index in [1.807, 2.05) is 0 Å². The van der Waals surface area contributed by atoms with Gasteiger partial charge in [-0.15, -0.1) is 0 Å². The number of pyridine rings is 1. The second kappa shape index (κ2) is 5.94. The van der Waals surface area contributed by atoms with Crippen LogP contribution in [-0.4, -0.2) is 27.3 Å². The Kier molecular flexibility index (Phi) is 4.25. The Bertz CT molecular complexity index is 623. The summed E-state index contributed by atoms with van der Waals surface area (Å²) < 4.78 is 43.9. The van der Waals surface area contributed by atoms with Gasteiger partial charge in [-0.25, -0.2) is 4.79 Å². The second-order valence-electron chi connectivity index (χ2n) is 4.15. The van der Waals surface area contributed by atoms with Crippen LogP contribution in [0, 0.1) is 0 Å². The van der Waals surface area contributed by atoms with Crippen molar-refractivity contribution in [3.63, 3.8) is 0 Å². The number of hydrogen-bond acceptors (Lipinski definition) is 4. The van der Waals surface area contributed by atoms with Crippen molar-refractivity contribution in [1.29, 1.82) is 0 Å². The van der Waals surface area contributed by atoms with Crippen molar-refractivity contribution in [1.82, 2.24) is 14.8 Å². The molecular weight excluding hydrogens is 287 g/mol. The minimum absolute atomic E-state index is 0.0206. The van der Waals surface area contributed by atoms with E-state index < -0.39 is 17.8 Å². The standard InChI is InChI=1S/C13H12F3N3O2/c1-2-21-12(20)10-7-11(13(14,15)16)18-19(10)8-9-3-5-17-6-4-9/h3-7H,2,8H2,1H3. The lowest BCUT2D eigenvalue weighted by Gasteiger charge is -2.06. The Morgan fingerprint density at radius 2 is 2.00 bits per heavy atom. The van der Waals surface area contributed by atoms with Crippen molar-refractivity contribution in [2.75, 3.05) is 6.61 Å². The second-order valence-corrected chi connectivity index (χ2v) is 4.15. The van der Waals surface area contributed by atoms with Gasteiger partial charge in [0.15, 0.2) is 5.69 Å². The highest BCUT2D eigenvalue weighted by molar-refractivity contribution is 5.87. The molecule has 0 unspecified atom stereocenters. The SMILES string of the molecule is CCOC(=O)c1cc(C(F)(F)F)nn1Cc1ccncc1. The number of aromatic nitrogens is 3. The van der Waals surface area contributed by atoms with Crippen molar-refractivity contribution in [3.05, 3.63) is 47.5 Å². The Morgan fingerprint density at radius 3 is 2.57 bits per heavy atom. The van der Waals surface area contributed by atoms with E-state index in [0.717, 1.165) is 4.68 Å². The van der Waals surface area contributed by atoms with E-state index in [1.165, 1.54) is 12.4 Å². The molecular formula is C13H12F3N3O2. The summed E-state index contributed by atoms with van der Waals surface area (Å²) in [5.74, 6) is -0.838. The van der Waals surface area contributed by atoms with Crippen LogP contribution >= 0.6 is 0 Å². The topological polar surface area (TPSA) is 57.0 Å². The van der Waals surface area contributed by atoms with Crippen LogP contribution in [0.3, 0.4) is 0 Å². The van der Waals surface area contributed by atoms with E-state index >= 15 is 0 Å². The Morgan fingerprint density at radius 1 is 1.33 bits per heavy atom. The number of rotatable bonds is 4. The molecule has 5 nitrogen and oxygen atoms in total. The van der Waals surface area contributed by atoms with Gasteiger partial charge in [-0.05, 0) is 24.6 Å². The van der Waals surface area contributed by atoms with Gasteiger partial charge in [0, 0.05) is 18.5 Å². The van der Waals surface area contributed by atoms with Gasteiger partial charge in [0.25, 0.3) is 0 Å². The predicted octanol–water partition coefficient (Wildman–Crippen LogP) is 2.52. The third kappa shape index (κ3) is 3.59. The molecule has 0 radical (unpaired) electrons. The summed E-state index contributed by atoms with van der Waals surface area (Å²) in [4.78, 5) is 15.6. The van der Waals surface area contributed by atoms with Crippen molar-refractivity contribution in [3.8, 4) is 0 Å². The molecule has 0 bridgehead atoms. The van der Waals surface area contributed by atoms with E-state index in [1.54, 1.807) is 19.1 Å². The van der Waals surface area contributed by atoms with Crippen LogP contribution < -0.4 is 0 Å². The summed E-state index contributed by atoms with van der Waals surface area (Å²) in [6, 6.07) is 3.95. The number of ether oxygens (including phenoxy) is 1. The maximum Gasteiger partial charge on any atom is 0.435 e. The highest BCUT2D eigenvalue weighted by atomic mass is 19.4. The average Bonchev–Trinajstić information content (AvgIpc) is 2.84. The molecule has 2 aromatic rings. The van der Waals surface area contributed by atoms with Gasteiger partial charge < -0.3 is 4.74 Å². The van der Waals surface area contributed by atoms with Gasteiger partial charge in [0.1, 0.15) is 5.69 Å². The third-order valence-corrected chi connectivity index (χ3v) is 2.64. The normalized spacial score (nSPS) is 11.4. The van der Waals surface area contributed by atoms with Crippen molar-refractivity contribution in [2.24, 2.45) is 0 Å². The fourth-order valence-electron chi connectivity index (χ4n) is 1.71. The maximum atomic E-state index is 12.7. The van der Waals surface area contributed by atoms with E-state index in [-0.39, 0.29) is 18.8 Å². The molecule has 0 saturated heterocycles. The highest BCUT2D eigenvalue weighted by Gasteiger charge is 2.36. The zero-order chi connectivity index (χ0) is 15.5. The molecule has 0 fully saturated rings. The number of nitrogens with zero attached hydrogens (tertiary/aromatic N) is 3. The van der Waals surface area contributed by atoms with Crippen molar-refractivity contribution >= 4 is 5.97 Å². The molecule has 2 aromatic heterocycles. The van der Waals surface area contributed by atoms with Crippen LogP contribution in [0.2, 0.25) is 0 Å². The van der Waals surface area contributed by atoms with Crippen molar-refractivity contribution in [2.45, 2.75) is 19.6 Å². The lowest BCUT2D eigenvalue weighted by atomic mass is 10.2. The lowest BCUT2D eigenvalue weighted by molar-refractivity contribution is -0.141. The molecule has 0 N–H and O–H groups in total. The first-order valence-electron chi connectivity index (χ1n) is 6.13. The number of esters is 1. The summed E-state index contributed by atoms with van der Waals surface area (Å²) in [5, 5.41) is 3.45. The molecule has 0 aliphatic carbocycles. The molecule has 0 atom stereocenters. The van der Waals surface area contributed by atoms with E-state index in [2.05, 4.69) is 10.1 Å². The Hall–Kier alpha value is -2.38. The van der Waals surface area contributed by atoms with Crippen LogP contribution in [0.5, 0.6) is 0 Å². The van der Waals surface area contributed by atoms with Crippen LogP contribution in [0.15, 0.2) is 30.6 Å². The van der Waals surface area contributed by atoms with Gasteiger partial charge in [-0.2, -0.15) is 18.3 Å².